The summed E-state index contributed by atoms with van der Waals surface area (Å²) in [4.78, 5) is 29.3. The first-order valence-corrected chi connectivity index (χ1v) is 10.4. The van der Waals surface area contributed by atoms with Gasteiger partial charge in [0.05, 0.1) is 0 Å². The molecule has 0 aliphatic carbocycles. The fourth-order valence-electron chi connectivity index (χ4n) is 3.77. The molecule has 3 rings (SSSR count). The summed E-state index contributed by atoms with van der Waals surface area (Å²) >= 11 is 0. The van der Waals surface area contributed by atoms with Gasteiger partial charge in [-0.25, -0.2) is 0 Å². The summed E-state index contributed by atoms with van der Waals surface area (Å²) in [6.07, 6.45) is 1.32. The van der Waals surface area contributed by atoms with E-state index in [9.17, 15) is 9.59 Å². The zero-order chi connectivity index (χ0) is 20.6. The largest absolute Gasteiger partial charge is 0.352 e. The molecule has 0 spiro atoms. The summed E-state index contributed by atoms with van der Waals surface area (Å²) in [5.74, 6) is 0.00370. The molecule has 1 fully saturated rings. The fourth-order valence-corrected chi connectivity index (χ4v) is 3.77. The standard InChI is InChI=1S/C24H31N3O2/c1-19-8-3-5-10-21(19)18-26-14-7-15-27(17-16-26)23(28)12-13-25-24(29)22-11-6-4-9-20(22)2/h3-6,8-11H,7,12-18H2,1-2H3,(H,25,29). The quantitative estimate of drug-likeness (QED) is 0.820. The van der Waals surface area contributed by atoms with E-state index in [4.69, 9.17) is 0 Å². The summed E-state index contributed by atoms with van der Waals surface area (Å²) < 4.78 is 0. The number of hydrogen-bond acceptors (Lipinski definition) is 3. The molecule has 1 aliphatic heterocycles. The lowest BCUT2D eigenvalue weighted by Crippen LogP contribution is -2.37. The molecule has 1 heterocycles. The smallest absolute Gasteiger partial charge is 0.251 e. The summed E-state index contributed by atoms with van der Waals surface area (Å²) in [6, 6.07) is 16.0. The average molecular weight is 394 g/mol. The number of nitrogens with one attached hydrogen (secondary N) is 1. The minimum absolute atomic E-state index is 0.115. The van der Waals surface area contributed by atoms with Gasteiger partial charge in [0.2, 0.25) is 5.91 Å². The van der Waals surface area contributed by atoms with Crippen molar-refractivity contribution in [3.63, 3.8) is 0 Å². The first kappa shape index (κ1) is 21.1. The molecule has 1 N–H and O–H groups in total. The molecule has 5 nitrogen and oxygen atoms in total. The maximum absolute atomic E-state index is 12.6. The van der Waals surface area contributed by atoms with Crippen molar-refractivity contribution in [1.82, 2.24) is 15.1 Å². The Hall–Kier alpha value is -2.66. The molecule has 0 atom stereocenters. The lowest BCUT2D eigenvalue weighted by Gasteiger charge is -2.22. The molecule has 154 valence electrons. The van der Waals surface area contributed by atoms with E-state index in [1.54, 1.807) is 0 Å². The van der Waals surface area contributed by atoms with Crippen molar-refractivity contribution in [2.45, 2.75) is 33.2 Å². The van der Waals surface area contributed by atoms with Crippen molar-refractivity contribution in [3.05, 3.63) is 70.8 Å². The third-order valence-corrected chi connectivity index (χ3v) is 5.61. The highest BCUT2D eigenvalue weighted by atomic mass is 16.2. The Balaban J connectivity index is 1.44. The third-order valence-electron chi connectivity index (χ3n) is 5.61. The first-order valence-electron chi connectivity index (χ1n) is 10.4. The minimum Gasteiger partial charge on any atom is -0.352 e. The summed E-state index contributed by atoms with van der Waals surface area (Å²) in [6.45, 7) is 8.79. The molecular weight excluding hydrogens is 362 g/mol. The van der Waals surface area contributed by atoms with Crippen LogP contribution in [0.2, 0.25) is 0 Å². The molecule has 0 bridgehead atoms. The van der Waals surface area contributed by atoms with E-state index in [2.05, 4.69) is 41.4 Å². The van der Waals surface area contributed by atoms with Gasteiger partial charge in [-0.2, -0.15) is 0 Å². The Bertz CT molecular complexity index is 850. The molecule has 0 unspecified atom stereocenters. The van der Waals surface area contributed by atoms with Crippen molar-refractivity contribution in [2.75, 3.05) is 32.7 Å². The van der Waals surface area contributed by atoms with Crippen LogP contribution in [0.5, 0.6) is 0 Å². The van der Waals surface area contributed by atoms with Crippen LogP contribution in [0.3, 0.4) is 0 Å². The molecule has 1 aliphatic rings. The van der Waals surface area contributed by atoms with Gasteiger partial charge in [-0.05, 0) is 43.0 Å². The van der Waals surface area contributed by atoms with Gasteiger partial charge in [-0.3, -0.25) is 14.5 Å². The second-order valence-electron chi connectivity index (χ2n) is 7.76. The van der Waals surface area contributed by atoms with Crippen LogP contribution in [-0.2, 0) is 11.3 Å². The first-order chi connectivity index (χ1) is 14.0. The van der Waals surface area contributed by atoms with Gasteiger partial charge >= 0.3 is 0 Å². The van der Waals surface area contributed by atoms with Crippen LogP contribution in [-0.4, -0.2) is 54.3 Å². The lowest BCUT2D eigenvalue weighted by molar-refractivity contribution is -0.130. The predicted molar refractivity (Wildman–Crippen MR) is 116 cm³/mol. The van der Waals surface area contributed by atoms with E-state index in [0.29, 0.717) is 18.5 Å². The van der Waals surface area contributed by atoms with Crippen molar-refractivity contribution < 1.29 is 9.59 Å². The van der Waals surface area contributed by atoms with E-state index in [1.807, 2.05) is 36.1 Å². The van der Waals surface area contributed by atoms with E-state index < -0.39 is 0 Å². The monoisotopic (exact) mass is 393 g/mol. The van der Waals surface area contributed by atoms with Crippen molar-refractivity contribution in [3.8, 4) is 0 Å². The number of hydrogen-bond donors (Lipinski definition) is 1. The van der Waals surface area contributed by atoms with Gasteiger partial charge < -0.3 is 10.2 Å². The normalized spacial score (nSPS) is 15.0. The number of benzene rings is 2. The van der Waals surface area contributed by atoms with Gasteiger partial charge in [-0.15, -0.1) is 0 Å². The maximum atomic E-state index is 12.6. The summed E-state index contributed by atoms with van der Waals surface area (Å²) in [5.41, 5.74) is 4.28. The van der Waals surface area contributed by atoms with Crippen molar-refractivity contribution >= 4 is 11.8 Å². The van der Waals surface area contributed by atoms with Crippen LogP contribution in [0.15, 0.2) is 48.5 Å². The zero-order valence-electron chi connectivity index (χ0n) is 17.5. The second kappa shape index (κ2) is 10.2. The van der Waals surface area contributed by atoms with Crippen LogP contribution in [0.25, 0.3) is 0 Å². The van der Waals surface area contributed by atoms with Crippen LogP contribution in [0.4, 0.5) is 0 Å². The molecule has 0 saturated carbocycles. The lowest BCUT2D eigenvalue weighted by atomic mass is 10.1. The Kier molecular flexibility index (Phi) is 7.42. The van der Waals surface area contributed by atoms with Gasteiger partial charge in [0.1, 0.15) is 0 Å². The SMILES string of the molecule is Cc1ccccc1CN1CCCN(C(=O)CCNC(=O)c2ccccc2C)CC1. The van der Waals surface area contributed by atoms with Crippen molar-refractivity contribution in [2.24, 2.45) is 0 Å². The van der Waals surface area contributed by atoms with Gasteiger partial charge in [-0.1, -0.05) is 42.5 Å². The summed E-state index contributed by atoms with van der Waals surface area (Å²) in [7, 11) is 0. The maximum Gasteiger partial charge on any atom is 0.251 e. The Morgan fingerprint density at radius 3 is 2.38 bits per heavy atom. The van der Waals surface area contributed by atoms with E-state index in [-0.39, 0.29) is 11.8 Å². The predicted octanol–water partition coefficient (Wildman–Crippen LogP) is 3.16. The van der Waals surface area contributed by atoms with Crippen molar-refractivity contribution in [1.29, 1.82) is 0 Å². The van der Waals surface area contributed by atoms with E-state index in [0.717, 1.165) is 44.7 Å². The minimum atomic E-state index is -0.115. The Labute approximate surface area is 173 Å². The number of aryl methyl sites for hydroxylation is 2. The number of carbonyl (C=O) groups excluding carboxylic acids is 2. The molecule has 1 saturated heterocycles. The molecule has 2 aromatic rings. The van der Waals surface area contributed by atoms with Gasteiger partial charge in [0, 0.05) is 51.3 Å². The average Bonchev–Trinajstić information content (AvgIpc) is 2.95. The zero-order valence-corrected chi connectivity index (χ0v) is 17.5. The van der Waals surface area contributed by atoms with E-state index in [1.165, 1.54) is 11.1 Å². The number of carbonyl (C=O) groups is 2. The number of amides is 2. The van der Waals surface area contributed by atoms with Crippen LogP contribution < -0.4 is 5.32 Å². The Morgan fingerprint density at radius 1 is 0.897 bits per heavy atom. The highest BCUT2D eigenvalue weighted by Gasteiger charge is 2.19. The Morgan fingerprint density at radius 2 is 1.62 bits per heavy atom. The molecule has 29 heavy (non-hydrogen) atoms. The fraction of sp³-hybridized carbons (Fsp3) is 0.417. The molecule has 2 aromatic carbocycles. The van der Waals surface area contributed by atoms with Gasteiger partial charge in [0.15, 0.2) is 0 Å². The molecule has 2 amide bonds. The van der Waals surface area contributed by atoms with Crippen LogP contribution in [0, 0.1) is 13.8 Å². The van der Waals surface area contributed by atoms with E-state index >= 15 is 0 Å². The number of nitrogens with zero attached hydrogens (tertiary/aromatic N) is 2. The van der Waals surface area contributed by atoms with Gasteiger partial charge in [0.25, 0.3) is 5.91 Å². The highest BCUT2D eigenvalue weighted by Crippen LogP contribution is 2.13. The molecule has 0 radical (unpaired) electrons. The molecule has 0 aromatic heterocycles. The molecular formula is C24H31N3O2. The van der Waals surface area contributed by atoms with Crippen LogP contribution in [0.1, 0.15) is 39.9 Å². The highest BCUT2D eigenvalue weighted by molar-refractivity contribution is 5.95. The summed E-state index contributed by atoms with van der Waals surface area (Å²) in [5, 5.41) is 2.88. The number of rotatable bonds is 6. The third kappa shape index (κ3) is 5.91. The topological polar surface area (TPSA) is 52.6 Å². The second-order valence-corrected chi connectivity index (χ2v) is 7.76. The molecule has 5 heteroatoms. The van der Waals surface area contributed by atoms with Crippen LogP contribution >= 0.6 is 0 Å².